The van der Waals surface area contributed by atoms with Crippen LogP contribution >= 0.6 is 0 Å². The fraction of sp³-hybridized carbons (Fsp3) is 0.390. The predicted octanol–water partition coefficient (Wildman–Crippen LogP) is 6.06. The number of amides is 2. The second-order valence-corrected chi connectivity index (χ2v) is 14.0. The van der Waals surface area contributed by atoms with Crippen LogP contribution in [-0.4, -0.2) is 96.4 Å². The molecule has 290 valence electrons. The van der Waals surface area contributed by atoms with Crippen LogP contribution in [0.5, 0.6) is 0 Å². The lowest BCUT2D eigenvalue weighted by molar-refractivity contribution is -0.137. The molecule has 1 unspecified atom stereocenters. The SMILES string of the molecule is CC(NCc1cccc(C(F)(F)F)c1)C(=O)c1ccnc(-c2cc(N3CCCCC3)ccc2NC(=O)c2cccc(CN(C)C(=O)CN3CCOCC3)n2)c1. The van der Waals surface area contributed by atoms with E-state index < -0.39 is 23.7 Å². The lowest BCUT2D eigenvalue weighted by Gasteiger charge is -2.29. The van der Waals surface area contributed by atoms with E-state index in [0.29, 0.717) is 60.1 Å². The minimum absolute atomic E-state index is 0.0499. The van der Waals surface area contributed by atoms with Crippen molar-refractivity contribution in [2.24, 2.45) is 0 Å². The van der Waals surface area contributed by atoms with Crippen molar-refractivity contribution in [3.63, 3.8) is 0 Å². The zero-order valence-electron chi connectivity index (χ0n) is 31.1. The molecule has 0 bridgehead atoms. The van der Waals surface area contributed by atoms with Gasteiger partial charge in [0.1, 0.15) is 5.69 Å². The summed E-state index contributed by atoms with van der Waals surface area (Å²) in [5.41, 5.74) is 3.27. The second kappa shape index (κ2) is 18.0. The Hall–Kier alpha value is -5.18. The minimum atomic E-state index is -4.46. The Kier molecular flexibility index (Phi) is 12.9. The maximum atomic E-state index is 13.7. The van der Waals surface area contributed by atoms with Crippen LogP contribution < -0.4 is 15.5 Å². The van der Waals surface area contributed by atoms with E-state index in [1.165, 1.54) is 12.3 Å². The van der Waals surface area contributed by atoms with Crippen LogP contribution in [0.2, 0.25) is 0 Å². The Morgan fingerprint density at radius 2 is 1.69 bits per heavy atom. The third-order valence-corrected chi connectivity index (χ3v) is 9.88. The van der Waals surface area contributed by atoms with Gasteiger partial charge in [-0.15, -0.1) is 0 Å². The van der Waals surface area contributed by atoms with Crippen molar-refractivity contribution in [2.75, 3.05) is 63.2 Å². The van der Waals surface area contributed by atoms with Gasteiger partial charge < -0.3 is 25.2 Å². The fourth-order valence-corrected chi connectivity index (χ4v) is 6.69. The van der Waals surface area contributed by atoms with E-state index >= 15 is 0 Å². The highest BCUT2D eigenvalue weighted by atomic mass is 19.4. The van der Waals surface area contributed by atoms with Crippen molar-refractivity contribution in [3.05, 3.63) is 107 Å². The largest absolute Gasteiger partial charge is 0.416 e. The first-order valence-corrected chi connectivity index (χ1v) is 18.5. The van der Waals surface area contributed by atoms with Gasteiger partial charge in [-0.1, -0.05) is 24.3 Å². The molecule has 2 fully saturated rings. The van der Waals surface area contributed by atoms with E-state index in [9.17, 15) is 27.6 Å². The van der Waals surface area contributed by atoms with Crippen LogP contribution in [0.1, 0.15) is 63.9 Å². The summed E-state index contributed by atoms with van der Waals surface area (Å²) in [7, 11) is 1.71. The zero-order valence-corrected chi connectivity index (χ0v) is 31.1. The number of halogens is 3. The summed E-state index contributed by atoms with van der Waals surface area (Å²) in [5, 5.41) is 6.05. The molecular weight excluding hydrogens is 711 g/mol. The molecular formula is C41H46F3N7O4. The number of ether oxygens (including phenoxy) is 1. The summed E-state index contributed by atoms with van der Waals surface area (Å²) >= 11 is 0. The molecule has 2 N–H and O–H groups in total. The number of aromatic nitrogens is 2. The maximum absolute atomic E-state index is 13.7. The minimum Gasteiger partial charge on any atom is -0.379 e. The molecule has 2 amide bonds. The van der Waals surface area contributed by atoms with E-state index in [0.717, 1.165) is 50.2 Å². The number of piperidine rings is 1. The van der Waals surface area contributed by atoms with E-state index in [2.05, 4.69) is 30.4 Å². The Labute approximate surface area is 318 Å². The van der Waals surface area contributed by atoms with Gasteiger partial charge in [0.05, 0.1) is 55.0 Å². The van der Waals surface area contributed by atoms with Crippen molar-refractivity contribution in [1.29, 1.82) is 0 Å². The molecule has 6 rings (SSSR count). The summed E-state index contributed by atoms with van der Waals surface area (Å²) in [6.45, 7) is 6.65. The van der Waals surface area contributed by atoms with E-state index in [-0.39, 0.29) is 37.0 Å². The second-order valence-electron chi connectivity index (χ2n) is 14.0. The number of rotatable bonds is 13. The number of nitrogens with zero attached hydrogens (tertiary/aromatic N) is 5. The van der Waals surface area contributed by atoms with Crippen LogP contribution in [0.25, 0.3) is 11.3 Å². The average Bonchev–Trinajstić information content (AvgIpc) is 3.20. The number of hydrogen-bond acceptors (Lipinski definition) is 9. The number of ketones is 1. The number of carbonyl (C=O) groups is 3. The van der Waals surface area contributed by atoms with E-state index in [4.69, 9.17) is 4.74 Å². The van der Waals surface area contributed by atoms with Crippen LogP contribution in [0.4, 0.5) is 24.5 Å². The van der Waals surface area contributed by atoms with Crippen molar-refractivity contribution in [1.82, 2.24) is 25.1 Å². The van der Waals surface area contributed by atoms with Gasteiger partial charge in [-0.3, -0.25) is 24.3 Å². The molecule has 11 nitrogen and oxygen atoms in total. The number of anilines is 2. The monoisotopic (exact) mass is 757 g/mol. The molecule has 14 heteroatoms. The van der Waals surface area contributed by atoms with Crippen LogP contribution in [-0.2, 0) is 28.8 Å². The summed E-state index contributed by atoms with van der Waals surface area (Å²) in [5.74, 6) is -0.760. The summed E-state index contributed by atoms with van der Waals surface area (Å²) < 4.78 is 45.1. The lowest BCUT2D eigenvalue weighted by Crippen LogP contribution is -2.43. The molecule has 0 saturated carbocycles. The Bertz CT molecular complexity index is 1980. The first-order valence-electron chi connectivity index (χ1n) is 18.5. The number of likely N-dealkylation sites (N-methyl/N-ethyl adjacent to an activating group) is 1. The standard InChI is InChI=1S/C41H46F3N7O4/c1-28(46-25-29-8-6-9-31(22-29)41(42,43)44)39(53)30-14-15-45-37(23-30)34-24-33(51-16-4-3-5-17-51)12-13-35(34)48-40(54)36-11-7-10-32(47-36)26-49(2)38(52)27-50-18-20-55-21-19-50/h6-15,22-24,28,46H,3-5,16-21,25-27H2,1-2H3,(H,48,54). The van der Waals surface area contributed by atoms with Gasteiger partial charge in [0.25, 0.3) is 5.91 Å². The van der Waals surface area contributed by atoms with Crippen LogP contribution in [0, 0.1) is 0 Å². The van der Waals surface area contributed by atoms with Crippen molar-refractivity contribution in [2.45, 2.75) is 51.5 Å². The van der Waals surface area contributed by atoms with Crippen LogP contribution in [0.15, 0.2) is 79.0 Å². The molecule has 0 spiro atoms. The third-order valence-electron chi connectivity index (χ3n) is 9.88. The number of hydrogen-bond donors (Lipinski definition) is 2. The quantitative estimate of drug-likeness (QED) is 0.157. The number of benzene rings is 2. The smallest absolute Gasteiger partial charge is 0.379 e. The summed E-state index contributed by atoms with van der Waals surface area (Å²) in [6.07, 6.45) is 0.363. The molecule has 2 saturated heterocycles. The van der Waals surface area contributed by atoms with Gasteiger partial charge in [-0.05, 0) is 80.3 Å². The molecule has 0 radical (unpaired) electrons. The highest BCUT2D eigenvalue weighted by Crippen LogP contribution is 2.34. The molecule has 55 heavy (non-hydrogen) atoms. The molecule has 2 aromatic carbocycles. The number of nitrogens with one attached hydrogen (secondary N) is 2. The zero-order chi connectivity index (χ0) is 39.0. The number of carbonyl (C=O) groups excluding carboxylic acids is 3. The number of pyridine rings is 2. The molecule has 2 aromatic heterocycles. The Morgan fingerprint density at radius 1 is 0.927 bits per heavy atom. The number of alkyl halides is 3. The van der Waals surface area contributed by atoms with Crippen molar-refractivity contribution in [3.8, 4) is 11.3 Å². The topological polar surface area (TPSA) is 120 Å². The number of morpholine rings is 1. The van der Waals surface area contributed by atoms with Crippen molar-refractivity contribution < 1.29 is 32.3 Å². The molecule has 0 aliphatic carbocycles. The summed E-state index contributed by atoms with van der Waals surface area (Å²) in [4.78, 5) is 55.3. The van der Waals surface area contributed by atoms with Gasteiger partial charge in [-0.25, -0.2) is 4.98 Å². The molecule has 1 atom stereocenters. The highest BCUT2D eigenvalue weighted by Gasteiger charge is 2.30. The maximum Gasteiger partial charge on any atom is 0.416 e. The number of Topliss-reactive ketones (excluding diaryl/α,β-unsaturated/α-hetero) is 1. The predicted molar refractivity (Wildman–Crippen MR) is 204 cm³/mol. The van der Waals surface area contributed by atoms with Crippen molar-refractivity contribution >= 4 is 29.0 Å². The Morgan fingerprint density at radius 3 is 2.45 bits per heavy atom. The highest BCUT2D eigenvalue weighted by molar-refractivity contribution is 6.06. The normalized spacial score (nSPS) is 15.7. The van der Waals surface area contributed by atoms with Gasteiger partial charge in [0, 0.05) is 62.8 Å². The van der Waals surface area contributed by atoms with Gasteiger partial charge >= 0.3 is 6.18 Å². The first-order chi connectivity index (χ1) is 26.4. The fourth-order valence-electron chi connectivity index (χ4n) is 6.69. The molecule has 4 aromatic rings. The van der Waals surface area contributed by atoms with Crippen LogP contribution in [0.3, 0.4) is 0 Å². The Balaban J connectivity index is 1.19. The van der Waals surface area contributed by atoms with Gasteiger partial charge in [-0.2, -0.15) is 13.2 Å². The van der Waals surface area contributed by atoms with Gasteiger partial charge in [0.2, 0.25) is 5.91 Å². The molecule has 2 aliphatic heterocycles. The molecule has 2 aliphatic rings. The molecule has 4 heterocycles. The first kappa shape index (κ1) is 39.5. The van der Waals surface area contributed by atoms with E-state index in [1.54, 1.807) is 55.3 Å². The van der Waals surface area contributed by atoms with E-state index in [1.807, 2.05) is 18.2 Å². The summed E-state index contributed by atoms with van der Waals surface area (Å²) in [6, 6.07) is 18.4. The average molecular weight is 758 g/mol. The van der Waals surface area contributed by atoms with Gasteiger partial charge in [0.15, 0.2) is 5.78 Å². The third kappa shape index (κ3) is 10.5. The lowest BCUT2D eigenvalue weighted by atomic mass is 10.0.